The SMILES string of the molecule is COc1ccc(C(C)n2cc(C(C)O)[nH]c2=O)cc1. The van der Waals surface area contributed by atoms with Crippen LogP contribution in [0, 0.1) is 0 Å². The maximum Gasteiger partial charge on any atom is 0.326 e. The van der Waals surface area contributed by atoms with E-state index in [9.17, 15) is 9.90 Å². The molecule has 0 aliphatic heterocycles. The summed E-state index contributed by atoms with van der Waals surface area (Å²) in [5, 5.41) is 9.48. The molecular formula is C14H18N2O3. The van der Waals surface area contributed by atoms with Gasteiger partial charge in [0.2, 0.25) is 0 Å². The number of ether oxygens (including phenoxy) is 1. The first-order valence-electron chi connectivity index (χ1n) is 6.16. The standard InChI is InChI=1S/C14H18N2O3/c1-9(11-4-6-12(19-3)7-5-11)16-8-13(10(2)17)15-14(16)18/h4-10,17H,1-3H3,(H,15,18). The van der Waals surface area contributed by atoms with Crippen LogP contribution >= 0.6 is 0 Å². The van der Waals surface area contributed by atoms with E-state index in [1.807, 2.05) is 31.2 Å². The lowest BCUT2D eigenvalue weighted by Crippen LogP contribution is -2.20. The summed E-state index contributed by atoms with van der Waals surface area (Å²) in [6.45, 7) is 3.55. The average molecular weight is 262 g/mol. The van der Waals surface area contributed by atoms with Gasteiger partial charge in [-0.3, -0.25) is 4.57 Å². The number of aliphatic hydroxyl groups is 1. The van der Waals surface area contributed by atoms with Crippen molar-refractivity contribution in [3.63, 3.8) is 0 Å². The highest BCUT2D eigenvalue weighted by Crippen LogP contribution is 2.20. The fraction of sp³-hybridized carbons (Fsp3) is 0.357. The van der Waals surface area contributed by atoms with Crippen LogP contribution in [-0.4, -0.2) is 21.8 Å². The normalized spacial score (nSPS) is 14.1. The van der Waals surface area contributed by atoms with Gasteiger partial charge >= 0.3 is 5.69 Å². The van der Waals surface area contributed by atoms with Crippen LogP contribution in [0.2, 0.25) is 0 Å². The second-order valence-electron chi connectivity index (χ2n) is 4.55. The average Bonchev–Trinajstić information content (AvgIpc) is 2.80. The fourth-order valence-corrected chi connectivity index (χ4v) is 1.97. The number of imidazole rings is 1. The molecule has 2 aromatic rings. The van der Waals surface area contributed by atoms with E-state index < -0.39 is 6.10 Å². The zero-order valence-corrected chi connectivity index (χ0v) is 11.3. The van der Waals surface area contributed by atoms with Crippen LogP contribution in [0.15, 0.2) is 35.3 Å². The summed E-state index contributed by atoms with van der Waals surface area (Å²) in [5.74, 6) is 0.780. The van der Waals surface area contributed by atoms with E-state index in [1.165, 1.54) is 0 Å². The summed E-state index contributed by atoms with van der Waals surface area (Å²) in [7, 11) is 1.62. The second kappa shape index (κ2) is 5.32. The van der Waals surface area contributed by atoms with E-state index in [1.54, 1.807) is 24.8 Å². The van der Waals surface area contributed by atoms with Crippen LogP contribution in [0.4, 0.5) is 0 Å². The van der Waals surface area contributed by atoms with Gasteiger partial charge < -0.3 is 14.8 Å². The first-order chi connectivity index (χ1) is 9.02. The van der Waals surface area contributed by atoms with E-state index in [-0.39, 0.29) is 11.7 Å². The number of nitrogens with one attached hydrogen (secondary N) is 1. The number of hydrogen-bond acceptors (Lipinski definition) is 3. The Morgan fingerprint density at radius 3 is 2.37 bits per heavy atom. The third-order valence-electron chi connectivity index (χ3n) is 3.23. The van der Waals surface area contributed by atoms with Crippen molar-refractivity contribution in [2.24, 2.45) is 0 Å². The summed E-state index contributed by atoms with van der Waals surface area (Å²) in [6, 6.07) is 7.45. The Kier molecular flexibility index (Phi) is 3.76. The Labute approximate surface area is 111 Å². The maximum atomic E-state index is 11.9. The van der Waals surface area contributed by atoms with Gasteiger partial charge in [0, 0.05) is 6.20 Å². The van der Waals surface area contributed by atoms with E-state index in [0.717, 1.165) is 11.3 Å². The van der Waals surface area contributed by atoms with Crippen LogP contribution in [-0.2, 0) is 0 Å². The van der Waals surface area contributed by atoms with Crippen molar-refractivity contribution in [1.29, 1.82) is 0 Å². The van der Waals surface area contributed by atoms with Gasteiger partial charge in [0.1, 0.15) is 5.75 Å². The summed E-state index contributed by atoms with van der Waals surface area (Å²) < 4.78 is 6.68. The molecule has 2 rings (SSSR count). The largest absolute Gasteiger partial charge is 0.497 e. The van der Waals surface area contributed by atoms with Gasteiger partial charge in [-0.15, -0.1) is 0 Å². The third kappa shape index (κ3) is 2.71. The van der Waals surface area contributed by atoms with Crippen LogP contribution in [0.3, 0.4) is 0 Å². The molecule has 1 aromatic carbocycles. The molecule has 0 fully saturated rings. The number of H-pyrrole nitrogens is 1. The van der Waals surface area contributed by atoms with E-state index in [4.69, 9.17) is 4.74 Å². The van der Waals surface area contributed by atoms with Gasteiger partial charge in [-0.1, -0.05) is 12.1 Å². The van der Waals surface area contributed by atoms with Gasteiger partial charge in [-0.2, -0.15) is 0 Å². The molecule has 0 spiro atoms. The monoisotopic (exact) mass is 262 g/mol. The van der Waals surface area contributed by atoms with E-state index in [0.29, 0.717) is 5.69 Å². The van der Waals surface area contributed by atoms with Crippen LogP contribution in [0.25, 0.3) is 0 Å². The molecule has 2 unspecified atom stereocenters. The number of methoxy groups -OCH3 is 1. The Morgan fingerprint density at radius 2 is 1.89 bits per heavy atom. The quantitative estimate of drug-likeness (QED) is 0.883. The summed E-state index contributed by atoms with van der Waals surface area (Å²) in [4.78, 5) is 14.5. The smallest absolute Gasteiger partial charge is 0.326 e. The van der Waals surface area contributed by atoms with Crippen molar-refractivity contribution < 1.29 is 9.84 Å². The lowest BCUT2D eigenvalue weighted by Gasteiger charge is -2.13. The number of rotatable bonds is 4. The highest BCUT2D eigenvalue weighted by atomic mass is 16.5. The molecule has 5 heteroatoms. The number of aliphatic hydroxyl groups excluding tert-OH is 1. The highest BCUT2D eigenvalue weighted by Gasteiger charge is 2.14. The zero-order chi connectivity index (χ0) is 14.0. The molecule has 1 aromatic heterocycles. The van der Waals surface area contributed by atoms with Crippen molar-refractivity contribution in [3.05, 3.63) is 52.2 Å². The lowest BCUT2D eigenvalue weighted by molar-refractivity contribution is 0.194. The Hall–Kier alpha value is -2.01. The molecule has 0 radical (unpaired) electrons. The van der Waals surface area contributed by atoms with Crippen molar-refractivity contribution in [1.82, 2.24) is 9.55 Å². The molecule has 0 aliphatic rings. The molecule has 1 heterocycles. The Bertz CT molecular complexity index is 596. The van der Waals surface area contributed by atoms with Gasteiger partial charge in [0.25, 0.3) is 0 Å². The van der Waals surface area contributed by atoms with Crippen molar-refractivity contribution in [2.45, 2.75) is 26.0 Å². The van der Waals surface area contributed by atoms with Crippen molar-refractivity contribution in [3.8, 4) is 5.75 Å². The van der Waals surface area contributed by atoms with Gasteiger partial charge in [0.15, 0.2) is 0 Å². The minimum atomic E-state index is -0.683. The molecule has 0 saturated carbocycles. The topological polar surface area (TPSA) is 67.2 Å². The molecule has 19 heavy (non-hydrogen) atoms. The lowest BCUT2D eigenvalue weighted by atomic mass is 10.1. The van der Waals surface area contributed by atoms with Crippen molar-refractivity contribution >= 4 is 0 Å². The number of aromatic amines is 1. The molecule has 2 N–H and O–H groups in total. The number of nitrogens with zero attached hydrogens (tertiary/aromatic N) is 1. The Morgan fingerprint density at radius 1 is 1.26 bits per heavy atom. The highest BCUT2D eigenvalue weighted by molar-refractivity contribution is 5.29. The zero-order valence-electron chi connectivity index (χ0n) is 11.3. The predicted octanol–water partition coefficient (Wildman–Crippen LogP) is 1.85. The Balaban J connectivity index is 2.32. The summed E-state index contributed by atoms with van der Waals surface area (Å²) in [6.07, 6.45) is 0.971. The summed E-state index contributed by atoms with van der Waals surface area (Å²) in [5.41, 5.74) is 1.30. The van der Waals surface area contributed by atoms with Crippen molar-refractivity contribution in [2.75, 3.05) is 7.11 Å². The van der Waals surface area contributed by atoms with Gasteiger partial charge in [-0.25, -0.2) is 4.79 Å². The molecule has 0 bridgehead atoms. The molecule has 0 aliphatic carbocycles. The van der Waals surface area contributed by atoms with Crippen LogP contribution in [0.1, 0.15) is 37.3 Å². The number of hydrogen-bond donors (Lipinski definition) is 2. The number of benzene rings is 1. The first kappa shape index (κ1) is 13.4. The minimum absolute atomic E-state index is 0.109. The van der Waals surface area contributed by atoms with E-state index >= 15 is 0 Å². The fourth-order valence-electron chi connectivity index (χ4n) is 1.97. The predicted molar refractivity (Wildman–Crippen MR) is 72.5 cm³/mol. The van der Waals surface area contributed by atoms with Crippen LogP contribution in [0.5, 0.6) is 5.75 Å². The minimum Gasteiger partial charge on any atom is -0.497 e. The first-order valence-corrected chi connectivity index (χ1v) is 6.16. The molecule has 102 valence electrons. The van der Waals surface area contributed by atoms with Crippen LogP contribution < -0.4 is 10.4 Å². The maximum absolute atomic E-state index is 11.9. The number of aromatic nitrogens is 2. The molecular weight excluding hydrogens is 244 g/mol. The van der Waals surface area contributed by atoms with E-state index in [2.05, 4.69) is 4.98 Å². The molecule has 0 saturated heterocycles. The van der Waals surface area contributed by atoms with Gasteiger partial charge in [0.05, 0.1) is 24.9 Å². The molecule has 5 nitrogen and oxygen atoms in total. The molecule has 2 atom stereocenters. The summed E-state index contributed by atoms with van der Waals surface area (Å²) >= 11 is 0. The van der Waals surface area contributed by atoms with Gasteiger partial charge in [-0.05, 0) is 31.5 Å². The molecule has 0 amide bonds. The second-order valence-corrected chi connectivity index (χ2v) is 4.55. The third-order valence-corrected chi connectivity index (χ3v) is 3.23.